The zero-order valence-electron chi connectivity index (χ0n) is 7.55. The molecule has 0 bridgehead atoms. The number of ether oxygens (including phenoxy) is 1. The molecule has 2 heteroatoms. The first-order valence-electron chi connectivity index (χ1n) is 3.86. The second kappa shape index (κ2) is 3.39. The molecule has 2 nitrogen and oxygen atoms in total. The molecule has 1 aromatic rings. The van der Waals surface area contributed by atoms with Gasteiger partial charge in [0, 0.05) is 6.92 Å². The summed E-state index contributed by atoms with van der Waals surface area (Å²) in [7, 11) is 0. The monoisotopic (exact) mass is 164 g/mol. The van der Waals surface area contributed by atoms with E-state index >= 15 is 0 Å². The van der Waals surface area contributed by atoms with Crippen molar-refractivity contribution in [3.05, 3.63) is 29.3 Å². The molecule has 0 fully saturated rings. The third-order valence-electron chi connectivity index (χ3n) is 1.81. The maximum atomic E-state index is 10.7. The molecule has 0 aliphatic carbocycles. The molecule has 12 heavy (non-hydrogen) atoms. The Balaban J connectivity index is 3.00. The maximum Gasteiger partial charge on any atom is 0.308 e. The molecule has 64 valence electrons. The van der Waals surface area contributed by atoms with Gasteiger partial charge < -0.3 is 4.74 Å². The van der Waals surface area contributed by atoms with Gasteiger partial charge in [0.2, 0.25) is 0 Å². The highest BCUT2D eigenvalue weighted by molar-refractivity contribution is 5.69. The summed E-state index contributed by atoms with van der Waals surface area (Å²) < 4.78 is 4.99. The van der Waals surface area contributed by atoms with Crippen LogP contribution in [0.2, 0.25) is 0 Å². The van der Waals surface area contributed by atoms with Gasteiger partial charge in [0.25, 0.3) is 0 Å². The van der Waals surface area contributed by atoms with Gasteiger partial charge in [-0.25, -0.2) is 0 Å². The Morgan fingerprint density at radius 3 is 2.58 bits per heavy atom. The van der Waals surface area contributed by atoms with E-state index in [9.17, 15) is 4.79 Å². The van der Waals surface area contributed by atoms with Crippen molar-refractivity contribution < 1.29 is 9.53 Å². The highest BCUT2D eigenvalue weighted by Crippen LogP contribution is 2.20. The summed E-state index contributed by atoms with van der Waals surface area (Å²) >= 11 is 0. The van der Waals surface area contributed by atoms with Gasteiger partial charge in [0.15, 0.2) is 0 Å². The number of hydrogen-bond donors (Lipinski definition) is 0. The maximum absolute atomic E-state index is 10.7. The van der Waals surface area contributed by atoms with Crippen LogP contribution < -0.4 is 4.74 Å². The zero-order valence-corrected chi connectivity index (χ0v) is 7.55. The number of rotatable bonds is 1. The number of carbonyl (C=O) groups is 1. The van der Waals surface area contributed by atoms with E-state index in [1.54, 1.807) is 6.07 Å². The lowest BCUT2D eigenvalue weighted by atomic mass is 10.1. The van der Waals surface area contributed by atoms with Crippen LogP contribution in [0.15, 0.2) is 18.2 Å². The lowest BCUT2D eigenvalue weighted by Crippen LogP contribution is -2.03. The van der Waals surface area contributed by atoms with Crippen LogP contribution in [0.1, 0.15) is 18.1 Å². The fraction of sp³-hybridized carbons (Fsp3) is 0.300. The third kappa shape index (κ3) is 1.84. The van der Waals surface area contributed by atoms with Gasteiger partial charge in [-0.15, -0.1) is 0 Å². The molecule has 0 amide bonds. The largest absolute Gasteiger partial charge is 0.426 e. The highest BCUT2D eigenvalue weighted by atomic mass is 16.5. The van der Waals surface area contributed by atoms with E-state index in [2.05, 4.69) is 0 Å². The van der Waals surface area contributed by atoms with Crippen molar-refractivity contribution in [2.24, 2.45) is 0 Å². The third-order valence-corrected chi connectivity index (χ3v) is 1.81. The molecule has 0 atom stereocenters. The molecule has 0 spiro atoms. The molecule has 0 aliphatic heterocycles. The van der Waals surface area contributed by atoms with Crippen molar-refractivity contribution in [2.45, 2.75) is 20.8 Å². The Morgan fingerprint density at radius 2 is 2.00 bits per heavy atom. The van der Waals surface area contributed by atoms with E-state index < -0.39 is 0 Å². The van der Waals surface area contributed by atoms with Crippen LogP contribution in [0.5, 0.6) is 5.75 Å². The van der Waals surface area contributed by atoms with Gasteiger partial charge in [-0.3, -0.25) is 4.79 Å². The second-order valence-electron chi connectivity index (χ2n) is 2.79. The lowest BCUT2D eigenvalue weighted by Gasteiger charge is -2.06. The van der Waals surface area contributed by atoms with Crippen LogP contribution in [-0.2, 0) is 4.79 Å². The normalized spacial score (nSPS) is 9.58. The van der Waals surface area contributed by atoms with Gasteiger partial charge >= 0.3 is 5.97 Å². The summed E-state index contributed by atoms with van der Waals surface area (Å²) in [6.45, 7) is 5.33. The molecule has 1 rings (SSSR count). The Hall–Kier alpha value is -1.31. The van der Waals surface area contributed by atoms with E-state index in [-0.39, 0.29) is 5.97 Å². The molecule has 1 aromatic carbocycles. The molecule has 0 N–H and O–H groups in total. The van der Waals surface area contributed by atoms with Crippen LogP contribution in [0.3, 0.4) is 0 Å². The van der Waals surface area contributed by atoms with Gasteiger partial charge in [-0.2, -0.15) is 0 Å². The van der Waals surface area contributed by atoms with Crippen molar-refractivity contribution in [2.75, 3.05) is 0 Å². The van der Waals surface area contributed by atoms with E-state index in [0.717, 1.165) is 11.1 Å². The first-order chi connectivity index (χ1) is 5.61. The van der Waals surface area contributed by atoms with Crippen molar-refractivity contribution >= 4 is 5.97 Å². The van der Waals surface area contributed by atoms with Gasteiger partial charge in [0.05, 0.1) is 0 Å². The molecule has 0 radical (unpaired) electrons. The summed E-state index contributed by atoms with van der Waals surface area (Å²) in [5, 5.41) is 0. The predicted octanol–water partition coefficient (Wildman–Crippen LogP) is 2.23. The van der Waals surface area contributed by atoms with Crippen LogP contribution >= 0.6 is 0 Å². The molecule has 0 saturated carbocycles. The number of carbonyl (C=O) groups excluding carboxylic acids is 1. The number of benzene rings is 1. The molecule has 0 heterocycles. The smallest absolute Gasteiger partial charge is 0.308 e. The minimum absolute atomic E-state index is 0.274. The van der Waals surface area contributed by atoms with Crippen LogP contribution in [0.4, 0.5) is 0 Å². The summed E-state index contributed by atoms with van der Waals surface area (Å²) in [4.78, 5) is 10.7. The first kappa shape index (κ1) is 8.78. The number of hydrogen-bond acceptors (Lipinski definition) is 2. The SMILES string of the molecule is CC(=O)Oc1cccc(C)c1C. The molecule has 0 saturated heterocycles. The molecule has 0 aromatic heterocycles. The summed E-state index contributed by atoms with van der Waals surface area (Å²) in [6.07, 6.45) is 0. The fourth-order valence-corrected chi connectivity index (χ4v) is 0.990. The van der Waals surface area contributed by atoms with Crippen LogP contribution in [0.25, 0.3) is 0 Å². The van der Waals surface area contributed by atoms with Crippen molar-refractivity contribution in [3.63, 3.8) is 0 Å². The Bertz CT molecular complexity index is 303. The Morgan fingerprint density at radius 1 is 1.33 bits per heavy atom. The molecular weight excluding hydrogens is 152 g/mol. The Labute approximate surface area is 72.2 Å². The van der Waals surface area contributed by atoms with Crippen molar-refractivity contribution in [1.29, 1.82) is 0 Å². The molecule has 0 unspecified atom stereocenters. The summed E-state index contributed by atoms with van der Waals surface area (Å²) in [6, 6.07) is 5.66. The average Bonchev–Trinajstić information content (AvgIpc) is 1.98. The second-order valence-corrected chi connectivity index (χ2v) is 2.79. The minimum atomic E-state index is -0.274. The summed E-state index contributed by atoms with van der Waals surface area (Å²) in [5.74, 6) is 0.381. The van der Waals surface area contributed by atoms with Gasteiger partial charge in [0.1, 0.15) is 5.75 Å². The molecular formula is C10H12O2. The summed E-state index contributed by atoms with van der Waals surface area (Å²) in [5.41, 5.74) is 2.15. The quantitative estimate of drug-likeness (QED) is 0.470. The average molecular weight is 164 g/mol. The van der Waals surface area contributed by atoms with Crippen molar-refractivity contribution in [3.8, 4) is 5.75 Å². The zero-order chi connectivity index (χ0) is 9.14. The molecule has 0 aliphatic rings. The number of esters is 1. The first-order valence-corrected chi connectivity index (χ1v) is 3.86. The van der Waals surface area contributed by atoms with E-state index in [1.165, 1.54) is 6.92 Å². The Kier molecular flexibility index (Phi) is 2.48. The van der Waals surface area contributed by atoms with E-state index in [1.807, 2.05) is 26.0 Å². The van der Waals surface area contributed by atoms with Crippen molar-refractivity contribution in [1.82, 2.24) is 0 Å². The fourth-order valence-electron chi connectivity index (χ4n) is 0.990. The topological polar surface area (TPSA) is 26.3 Å². The minimum Gasteiger partial charge on any atom is -0.426 e. The van der Waals surface area contributed by atoms with Crippen LogP contribution in [-0.4, -0.2) is 5.97 Å². The van der Waals surface area contributed by atoms with Gasteiger partial charge in [-0.1, -0.05) is 12.1 Å². The highest BCUT2D eigenvalue weighted by Gasteiger charge is 2.02. The van der Waals surface area contributed by atoms with E-state index in [4.69, 9.17) is 4.74 Å². The predicted molar refractivity (Wildman–Crippen MR) is 47.2 cm³/mol. The lowest BCUT2D eigenvalue weighted by molar-refractivity contribution is -0.131. The standard InChI is InChI=1S/C10H12O2/c1-7-5-4-6-10(8(7)2)12-9(3)11/h4-6H,1-3H3. The van der Waals surface area contributed by atoms with Crippen LogP contribution in [0, 0.1) is 13.8 Å². The van der Waals surface area contributed by atoms with Gasteiger partial charge in [-0.05, 0) is 31.0 Å². The van der Waals surface area contributed by atoms with E-state index in [0.29, 0.717) is 5.75 Å². The number of aryl methyl sites for hydroxylation is 1.